The second kappa shape index (κ2) is 11.1. The number of aliphatic carboxylic acids is 1. The Hall–Kier alpha value is -0.940. The standard InChI is InChI=1S/C6H14N2O2.C2H4O/c7-4-2-1-3-5(8)6(9)10;1-2-3/h5H,1-4,7-8H2,(H,9,10);2H,1H3. The SMILES string of the molecule is CC=O.NCCCCC(N)C(=O)O. The van der Waals surface area contributed by atoms with Crippen LogP contribution < -0.4 is 11.5 Å². The first-order chi connectivity index (χ1) is 6.09. The highest BCUT2D eigenvalue weighted by atomic mass is 16.4. The molecular weight excluding hydrogens is 172 g/mol. The van der Waals surface area contributed by atoms with E-state index in [9.17, 15) is 4.79 Å². The molecule has 0 aliphatic carbocycles. The number of hydrogen-bond donors (Lipinski definition) is 3. The molecule has 0 aromatic heterocycles. The zero-order valence-electron chi connectivity index (χ0n) is 7.90. The van der Waals surface area contributed by atoms with E-state index in [0.717, 1.165) is 19.1 Å². The van der Waals surface area contributed by atoms with Crippen LogP contribution in [0, 0.1) is 0 Å². The van der Waals surface area contributed by atoms with Crippen LogP contribution in [0.1, 0.15) is 26.2 Å². The van der Waals surface area contributed by atoms with Crippen LogP contribution in [0.2, 0.25) is 0 Å². The van der Waals surface area contributed by atoms with Gasteiger partial charge in [-0.2, -0.15) is 0 Å². The second-order valence-corrected chi connectivity index (χ2v) is 2.46. The molecule has 0 aliphatic heterocycles. The quantitative estimate of drug-likeness (QED) is 0.409. The van der Waals surface area contributed by atoms with Gasteiger partial charge in [0.15, 0.2) is 0 Å². The molecule has 1 atom stereocenters. The Balaban J connectivity index is 0. The normalized spacial score (nSPS) is 11.0. The van der Waals surface area contributed by atoms with Gasteiger partial charge in [-0.05, 0) is 26.3 Å². The molecule has 1 unspecified atom stereocenters. The third-order valence-electron chi connectivity index (χ3n) is 1.29. The zero-order valence-corrected chi connectivity index (χ0v) is 7.90. The fourth-order valence-electron chi connectivity index (χ4n) is 0.632. The fourth-order valence-corrected chi connectivity index (χ4v) is 0.632. The number of hydrogen-bond acceptors (Lipinski definition) is 4. The van der Waals surface area contributed by atoms with Crippen LogP contribution in [-0.2, 0) is 9.59 Å². The summed E-state index contributed by atoms with van der Waals surface area (Å²) in [6.45, 7) is 2.05. The van der Waals surface area contributed by atoms with Gasteiger partial charge in [-0.25, -0.2) is 0 Å². The van der Waals surface area contributed by atoms with Gasteiger partial charge in [0, 0.05) is 0 Å². The van der Waals surface area contributed by atoms with Crippen molar-refractivity contribution in [2.24, 2.45) is 11.5 Å². The molecular formula is C8H18N2O3. The highest BCUT2D eigenvalue weighted by Gasteiger charge is 2.09. The minimum atomic E-state index is -0.933. The average molecular weight is 190 g/mol. The van der Waals surface area contributed by atoms with Crippen molar-refractivity contribution in [1.29, 1.82) is 0 Å². The maximum absolute atomic E-state index is 10.1. The average Bonchev–Trinajstić information content (AvgIpc) is 2.06. The van der Waals surface area contributed by atoms with Gasteiger partial charge in [0.05, 0.1) is 0 Å². The number of nitrogens with two attached hydrogens (primary N) is 2. The molecule has 0 aromatic rings. The van der Waals surface area contributed by atoms with E-state index in [-0.39, 0.29) is 0 Å². The van der Waals surface area contributed by atoms with Crippen LogP contribution >= 0.6 is 0 Å². The Kier molecular flexibility index (Phi) is 12.4. The van der Waals surface area contributed by atoms with Gasteiger partial charge in [0.25, 0.3) is 0 Å². The molecule has 0 spiro atoms. The summed E-state index contributed by atoms with van der Waals surface area (Å²) in [7, 11) is 0. The predicted molar refractivity (Wildman–Crippen MR) is 50.3 cm³/mol. The first-order valence-electron chi connectivity index (χ1n) is 4.18. The number of carboxylic acid groups (broad SMARTS) is 1. The van der Waals surface area contributed by atoms with Crippen LogP contribution in [0.15, 0.2) is 0 Å². The molecule has 0 fully saturated rings. The number of carbonyl (C=O) groups is 2. The number of unbranched alkanes of at least 4 members (excludes halogenated alkanes) is 1. The van der Waals surface area contributed by atoms with Crippen LogP contribution in [0.3, 0.4) is 0 Å². The summed E-state index contributed by atoms with van der Waals surface area (Å²) in [5.74, 6) is -0.933. The molecule has 0 amide bonds. The molecule has 0 aliphatic rings. The lowest BCUT2D eigenvalue weighted by Gasteiger charge is -2.03. The van der Waals surface area contributed by atoms with E-state index in [1.54, 1.807) is 0 Å². The molecule has 0 rings (SSSR count). The summed E-state index contributed by atoms with van der Waals surface area (Å²) in [6.07, 6.45) is 2.91. The van der Waals surface area contributed by atoms with Crippen molar-refractivity contribution < 1.29 is 14.7 Å². The van der Waals surface area contributed by atoms with Crippen LogP contribution in [-0.4, -0.2) is 29.9 Å². The summed E-state index contributed by atoms with van der Waals surface area (Å²) in [6, 6.07) is -0.716. The predicted octanol–water partition coefficient (Wildman–Crippen LogP) is -0.267. The maximum Gasteiger partial charge on any atom is 0.320 e. The molecule has 5 nitrogen and oxygen atoms in total. The zero-order chi connectivity index (χ0) is 10.7. The van der Waals surface area contributed by atoms with E-state index in [4.69, 9.17) is 21.4 Å². The summed E-state index contributed by atoms with van der Waals surface area (Å²) in [5.41, 5.74) is 10.4. The van der Waals surface area contributed by atoms with Gasteiger partial charge in [-0.15, -0.1) is 0 Å². The minimum Gasteiger partial charge on any atom is -0.480 e. The lowest BCUT2D eigenvalue weighted by molar-refractivity contribution is -0.138. The molecule has 0 saturated carbocycles. The van der Waals surface area contributed by atoms with E-state index in [2.05, 4.69) is 0 Å². The Labute approximate surface area is 78.1 Å². The molecule has 13 heavy (non-hydrogen) atoms. The highest BCUT2D eigenvalue weighted by molar-refractivity contribution is 5.72. The Morgan fingerprint density at radius 3 is 2.31 bits per heavy atom. The molecule has 0 radical (unpaired) electrons. The van der Waals surface area contributed by atoms with Crippen molar-refractivity contribution in [3.05, 3.63) is 0 Å². The van der Waals surface area contributed by atoms with Gasteiger partial charge < -0.3 is 21.4 Å². The van der Waals surface area contributed by atoms with Crippen LogP contribution in [0.5, 0.6) is 0 Å². The molecule has 5 N–H and O–H groups in total. The van der Waals surface area contributed by atoms with E-state index in [1.165, 1.54) is 6.92 Å². The van der Waals surface area contributed by atoms with E-state index < -0.39 is 12.0 Å². The molecule has 78 valence electrons. The number of rotatable bonds is 5. The Bertz CT molecular complexity index is 139. The van der Waals surface area contributed by atoms with Gasteiger partial charge in [-0.1, -0.05) is 6.42 Å². The van der Waals surface area contributed by atoms with Crippen molar-refractivity contribution in [1.82, 2.24) is 0 Å². The van der Waals surface area contributed by atoms with E-state index in [0.29, 0.717) is 13.0 Å². The van der Waals surface area contributed by atoms with Crippen molar-refractivity contribution in [2.45, 2.75) is 32.2 Å². The molecule has 0 saturated heterocycles. The van der Waals surface area contributed by atoms with E-state index in [1.807, 2.05) is 0 Å². The van der Waals surface area contributed by atoms with Crippen LogP contribution in [0.4, 0.5) is 0 Å². The lowest BCUT2D eigenvalue weighted by atomic mass is 10.1. The van der Waals surface area contributed by atoms with Crippen molar-refractivity contribution in [3.63, 3.8) is 0 Å². The number of carbonyl (C=O) groups excluding carboxylic acids is 1. The molecule has 0 heterocycles. The van der Waals surface area contributed by atoms with Gasteiger partial charge in [0.2, 0.25) is 0 Å². The third kappa shape index (κ3) is 14.0. The Morgan fingerprint density at radius 1 is 1.54 bits per heavy atom. The fraction of sp³-hybridized carbons (Fsp3) is 0.750. The van der Waals surface area contributed by atoms with Gasteiger partial charge in [-0.3, -0.25) is 4.79 Å². The highest BCUT2D eigenvalue weighted by Crippen LogP contribution is 1.96. The second-order valence-electron chi connectivity index (χ2n) is 2.46. The third-order valence-corrected chi connectivity index (χ3v) is 1.29. The molecule has 0 aromatic carbocycles. The van der Waals surface area contributed by atoms with E-state index >= 15 is 0 Å². The van der Waals surface area contributed by atoms with Crippen LogP contribution in [0.25, 0.3) is 0 Å². The van der Waals surface area contributed by atoms with Crippen molar-refractivity contribution >= 4 is 12.3 Å². The van der Waals surface area contributed by atoms with Crippen molar-refractivity contribution in [3.8, 4) is 0 Å². The van der Waals surface area contributed by atoms with Gasteiger partial charge in [0.1, 0.15) is 12.3 Å². The smallest absolute Gasteiger partial charge is 0.320 e. The maximum atomic E-state index is 10.1. The molecule has 0 bridgehead atoms. The summed E-state index contributed by atoms with van der Waals surface area (Å²) in [5, 5.41) is 8.33. The summed E-state index contributed by atoms with van der Waals surface area (Å²) >= 11 is 0. The summed E-state index contributed by atoms with van der Waals surface area (Å²) < 4.78 is 0. The molecule has 5 heteroatoms. The summed E-state index contributed by atoms with van der Waals surface area (Å²) in [4.78, 5) is 18.9. The van der Waals surface area contributed by atoms with Gasteiger partial charge >= 0.3 is 5.97 Å². The lowest BCUT2D eigenvalue weighted by Crippen LogP contribution is -2.29. The number of aldehydes is 1. The first kappa shape index (κ1) is 14.6. The van der Waals surface area contributed by atoms with Crippen molar-refractivity contribution in [2.75, 3.05) is 6.54 Å². The first-order valence-corrected chi connectivity index (χ1v) is 4.18. The minimum absolute atomic E-state index is 0.520. The topological polar surface area (TPSA) is 106 Å². The Morgan fingerprint density at radius 2 is 2.00 bits per heavy atom. The number of carboxylic acids is 1. The largest absolute Gasteiger partial charge is 0.480 e. The monoisotopic (exact) mass is 190 g/mol.